The average molecular weight is 625 g/mol. The molecule has 0 spiro atoms. The van der Waals surface area contributed by atoms with Crippen LogP contribution in [-0.4, -0.2) is 44.3 Å². The molecule has 0 saturated heterocycles. The molecule has 0 bridgehead atoms. The molecular weight excluding hydrogens is 593 g/mol. The summed E-state index contributed by atoms with van der Waals surface area (Å²) < 4.78 is 29.0. The minimum atomic E-state index is -4.21. The third-order valence-corrected chi connectivity index (χ3v) is 9.26. The van der Waals surface area contributed by atoms with Crippen LogP contribution in [0, 0.1) is 13.8 Å². The van der Waals surface area contributed by atoms with Crippen molar-refractivity contribution in [2.24, 2.45) is 0 Å². The highest BCUT2D eigenvalue weighted by molar-refractivity contribution is 7.92. The zero-order chi connectivity index (χ0) is 29.6. The summed E-state index contributed by atoms with van der Waals surface area (Å²) in [5.41, 5.74) is 2.21. The van der Waals surface area contributed by atoms with Gasteiger partial charge in [0.05, 0.1) is 10.6 Å². The molecule has 3 rings (SSSR count). The predicted molar refractivity (Wildman–Crippen MR) is 162 cm³/mol. The molecule has 0 radical (unpaired) electrons. The third-order valence-electron chi connectivity index (χ3n) is 6.49. The van der Waals surface area contributed by atoms with E-state index < -0.39 is 28.5 Å². The lowest BCUT2D eigenvalue weighted by Crippen LogP contribution is -2.52. The Hall–Kier alpha value is -2.78. The molecule has 0 aliphatic rings. The van der Waals surface area contributed by atoms with Crippen LogP contribution in [0.15, 0.2) is 65.6 Å². The van der Waals surface area contributed by atoms with Crippen molar-refractivity contribution >= 4 is 62.3 Å². The van der Waals surface area contributed by atoms with Gasteiger partial charge in [-0.2, -0.15) is 0 Å². The molecule has 1 N–H and O–H groups in total. The van der Waals surface area contributed by atoms with Crippen LogP contribution in [0.2, 0.25) is 15.1 Å². The normalized spacial score (nSPS) is 12.1. The van der Waals surface area contributed by atoms with Gasteiger partial charge in [0.25, 0.3) is 10.0 Å². The predicted octanol–water partition coefficient (Wildman–Crippen LogP) is 6.40. The Bertz CT molecular complexity index is 1480. The van der Waals surface area contributed by atoms with Gasteiger partial charge in [0.15, 0.2) is 0 Å². The van der Waals surface area contributed by atoms with E-state index in [0.29, 0.717) is 39.2 Å². The van der Waals surface area contributed by atoms with Gasteiger partial charge < -0.3 is 10.2 Å². The summed E-state index contributed by atoms with van der Waals surface area (Å²) in [5, 5.41) is 3.87. The van der Waals surface area contributed by atoms with E-state index >= 15 is 0 Å². The molecule has 0 aliphatic carbocycles. The van der Waals surface area contributed by atoms with Gasteiger partial charge >= 0.3 is 0 Å². The van der Waals surface area contributed by atoms with Crippen LogP contribution >= 0.6 is 34.8 Å². The Labute approximate surface area is 251 Å². The molecule has 11 heteroatoms. The molecular formula is C29H32Cl3N3O4S. The number of halogens is 3. The van der Waals surface area contributed by atoms with Crippen molar-refractivity contribution in [2.75, 3.05) is 17.4 Å². The number of rotatable bonds is 11. The van der Waals surface area contributed by atoms with Crippen LogP contribution in [-0.2, 0) is 26.2 Å². The van der Waals surface area contributed by atoms with Crippen molar-refractivity contribution in [2.45, 2.75) is 51.6 Å². The molecule has 0 aromatic heterocycles. The van der Waals surface area contributed by atoms with Gasteiger partial charge in [0, 0.05) is 28.2 Å². The smallest absolute Gasteiger partial charge is 0.264 e. The highest BCUT2D eigenvalue weighted by Gasteiger charge is 2.34. The number of hydrogen-bond acceptors (Lipinski definition) is 4. The number of benzene rings is 3. The number of carbonyl (C=O) groups excluding carboxylic acids is 2. The van der Waals surface area contributed by atoms with Crippen molar-refractivity contribution < 1.29 is 18.0 Å². The van der Waals surface area contributed by atoms with Crippen LogP contribution in [0.5, 0.6) is 0 Å². The van der Waals surface area contributed by atoms with Crippen molar-refractivity contribution in [1.82, 2.24) is 10.2 Å². The second-order valence-corrected chi connectivity index (χ2v) is 12.4. The maximum absolute atomic E-state index is 14.1. The number of aryl methyl sites for hydroxylation is 1. The fraction of sp³-hybridized carbons (Fsp3) is 0.310. The second kappa shape index (κ2) is 13.7. The van der Waals surface area contributed by atoms with E-state index in [1.54, 1.807) is 69.3 Å². The molecule has 0 fully saturated rings. The quantitative estimate of drug-likeness (QED) is 0.267. The lowest BCUT2D eigenvalue weighted by Gasteiger charge is -2.33. The van der Waals surface area contributed by atoms with Crippen LogP contribution in [0.25, 0.3) is 0 Å². The largest absolute Gasteiger partial charge is 0.355 e. The van der Waals surface area contributed by atoms with Crippen LogP contribution in [0.3, 0.4) is 0 Å². The van der Waals surface area contributed by atoms with Crippen molar-refractivity contribution in [3.63, 3.8) is 0 Å². The van der Waals surface area contributed by atoms with Crippen molar-refractivity contribution in [1.29, 1.82) is 0 Å². The summed E-state index contributed by atoms with van der Waals surface area (Å²) in [7, 11) is -4.21. The molecule has 0 saturated carbocycles. The summed E-state index contributed by atoms with van der Waals surface area (Å²) in [6.45, 7) is 6.88. The fourth-order valence-electron chi connectivity index (χ4n) is 4.26. The first-order valence-corrected chi connectivity index (χ1v) is 15.3. The van der Waals surface area contributed by atoms with Gasteiger partial charge in [-0.05, 0) is 74.7 Å². The van der Waals surface area contributed by atoms with Crippen LogP contribution in [0.1, 0.15) is 37.0 Å². The molecule has 1 atom stereocenters. The zero-order valence-electron chi connectivity index (χ0n) is 22.7. The average Bonchev–Trinajstić information content (AvgIpc) is 2.90. The van der Waals surface area contributed by atoms with Crippen molar-refractivity contribution in [3.8, 4) is 0 Å². The van der Waals surface area contributed by atoms with Gasteiger partial charge in [0.2, 0.25) is 11.8 Å². The molecule has 3 aromatic carbocycles. The number of nitrogens with zero attached hydrogens (tertiary/aromatic N) is 2. The molecule has 2 amide bonds. The monoisotopic (exact) mass is 623 g/mol. The number of amides is 2. The van der Waals surface area contributed by atoms with Crippen LogP contribution < -0.4 is 9.62 Å². The highest BCUT2D eigenvalue weighted by Crippen LogP contribution is 2.32. The van der Waals surface area contributed by atoms with E-state index in [1.807, 2.05) is 6.92 Å². The minimum Gasteiger partial charge on any atom is -0.355 e. The number of anilines is 1. The van der Waals surface area contributed by atoms with Gasteiger partial charge in [-0.25, -0.2) is 8.42 Å². The molecule has 0 heterocycles. The molecule has 214 valence electrons. The first kappa shape index (κ1) is 31.7. The Kier molecular flexibility index (Phi) is 10.9. The lowest BCUT2D eigenvalue weighted by atomic mass is 10.1. The number of likely N-dealkylation sites (N-methyl/N-ethyl adjacent to an activating group) is 1. The maximum atomic E-state index is 14.1. The first-order chi connectivity index (χ1) is 18.9. The van der Waals surface area contributed by atoms with Crippen molar-refractivity contribution in [3.05, 3.63) is 92.4 Å². The van der Waals surface area contributed by atoms with E-state index in [2.05, 4.69) is 5.32 Å². The molecule has 40 heavy (non-hydrogen) atoms. The Morgan fingerprint density at radius 1 is 0.925 bits per heavy atom. The highest BCUT2D eigenvalue weighted by atomic mass is 35.5. The van der Waals surface area contributed by atoms with E-state index in [0.717, 1.165) is 9.87 Å². The Morgan fingerprint density at radius 3 is 2.20 bits per heavy atom. The molecule has 7 nitrogen and oxygen atoms in total. The summed E-state index contributed by atoms with van der Waals surface area (Å²) in [4.78, 5) is 28.5. The van der Waals surface area contributed by atoms with E-state index in [-0.39, 0.29) is 23.0 Å². The third kappa shape index (κ3) is 7.29. The van der Waals surface area contributed by atoms with E-state index in [9.17, 15) is 18.0 Å². The Morgan fingerprint density at radius 2 is 1.60 bits per heavy atom. The Balaban J connectivity index is 2.12. The topological polar surface area (TPSA) is 86.8 Å². The lowest BCUT2D eigenvalue weighted by molar-refractivity contribution is -0.140. The standard InChI is InChI=1S/C29H32Cl3N3O4S/c1-5-26(29(37)33-6-2)34(17-21-12-13-22(30)16-25(21)32)28(36)18-35(27-9-7-8-24(31)20(27)4)40(38,39)23-14-10-19(3)11-15-23/h7-16,26H,5-6,17-18H2,1-4H3,(H,33,37). The number of sulfonamides is 1. The summed E-state index contributed by atoms with van der Waals surface area (Å²) in [6, 6.07) is 15.2. The summed E-state index contributed by atoms with van der Waals surface area (Å²) >= 11 is 18.9. The van der Waals surface area contributed by atoms with E-state index in [1.165, 1.54) is 17.0 Å². The van der Waals surface area contributed by atoms with Gasteiger partial charge in [-0.1, -0.05) is 71.6 Å². The number of carbonyl (C=O) groups is 2. The molecule has 3 aromatic rings. The molecule has 0 aliphatic heterocycles. The number of nitrogens with one attached hydrogen (secondary N) is 1. The van der Waals surface area contributed by atoms with E-state index in [4.69, 9.17) is 34.8 Å². The number of hydrogen-bond donors (Lipinski definition) is 1. The van der Waals surface area contributed by atoms with Gasteiger partial charge in [-0.3, -0.25) is 13.9 Å². The first-order valence-electron chi connectivity index (χ1n) is 12.8. The van der Waals surface area contributed by atoms with Gasteiger partial charge in [0.1, 0.15) is 12.6 Å². The minimum absolute atomic E-state index is 0.0216. The summed E-state index contributed by atoms with van der Waals surface area (Å²) in [5.74, 6) is -0.936. The maximum Gasteiger partial charge on any atom is 0.264 e. The second-order valence-electron chi connectivity index (χ2n) is 9.28. The summed E-state index contributed by atoms with van der Waals surface area (Å²) in [6.07, 6.45) is 0.295. The van der Waals surface area contributed by atoms with Gasteiger partial charge in [-0.15, -0.1) is 0 Å². The molecule has 1 unspecified atom stereocenters. The SMILES string of the molecule is CCNC(=O)C(CC)N(Cc1ccc(Cl)cc1Cl)C(=O)CN(c1cccc(Cl)c1C)S(=O)(=O)c1ccc(C)cc1. The van der Waals surface area contributed by atoms with Crippen LogP contribution in [0.4, 0.5) is 5.69 Å². The fourth-order valence-corrected chi connectivity index (χ4v) is 6.37. The zero-order valence-corrected chi connectivity index (χ0v) is 25.8.